The minimum Gasteiger partial charge on any atom is -0.324 e. The van der Waals surface area contributed by atoms with Crippen molar-refractivity contribution in [1.29, 1.82) is 0 Å². The Hall–Kier alpha value is -3.91. The fourth-order valence-corrected chi connectivity index (χ4v) is 4.86. The Morgan fingerprint density at radius 3 is 1.97 bits per heavy atom. The third kappa shape index (κ3) is 2.28. The Morgan fingerprint density at radius 1 is 0.533 bits per heavy atom. The number of anilines is 1. The molecule has 30 heavy (non-hydrogen) atoms. The van der Waals surface area contributed by atoms with Crippen LogP contribution in [0.25, 0.3) is 21.5 Å². The maximum absolute atomic E-state index is 13.6. The molecule has 142 valence electrons. The highest BCUT2D eigenvalue weighted by Gasteiger charge is 2.49. The number of fused-ring (bicyclic) bond motifs is 3. The summed E-state index contributed by atoms with van der Waals surface area (Å²) in [7, 11) is 0. The number of hydrogen-bond acceptors (Lipinski definition) is 1. The molecule has 0 fully saturated rings. The van der Waals surface area contributed by atoms with E-state index in [-0.39, 0.29) is 5.91 Å². The van der Waals surface area contributed by atoms with Gasteiger partial charge in [-0.15, -0.1) is 0 Å². The van der Waals surface area contributed by atoms with E-state index in [0.29, 0.717) is 0 Å². The highest BCUT2D eigenvalue weighted by molar-refractivity contribution is 6.12. The second kappa shape index (κ2) is 6.30. The summed E-state index contributed by atoms with van der Waals surface area (Å²) in [6, 6.07) is 37.3. The lowest BCUT2D eigenvalue weighted by Gasteiger charge is -2.29. The van der Waals surface area contributed by atoms with Crippen LogP contribution in [0.3, 0.4) is 0 Å². The first-order valence-electron chi connectivity index (χ1n) is 10.2. The zero-order chi connectivity index (χ0) is 20.1. The van der Waals surface area contributed by atoms with Crippen LogP contribution >= 0.6 is 0 Å². The summed E-state index contributed by atoms with van der Waals surface area (Å²) >= 11 is 0. The van der Waals surface area contributed by atoms with Crippen molar-refractivity contribution in [3.63, 3.8) is 0 Å². The molecule has 0 aliphatic carbocycles. The Kier molecular flexibility index (Phi) is 3.57. The van der Waals surface area contributed by atoms with E-state index in [9.17, 15) is 4.79 Å². The van der Waals surface area contributed by atoms with Gasteiger partial charge in [-0.1, -0.05) is 84.9 Å². The van der Waals surface area contributed by atoms with E-state index in [1.54, 1.807) is 0 Å². The van der Waals surface area contributed by atoms with Gasteiger partial charge in [0.1, 0.15) is 5.41 Å². The first-order chi connectivity index (χ1) is 14.8. The first-order valence-corrected chi connectivity index (χ1v) is 10.2. The van der Waals surface area contributed by atoms with Gasteiger partial charge in [0.05, 0.1) is 0 Å². The fourth-order valence-electron chi connectivity index (χ4n) is 4.86. The van der Waals surface area contributed by atoms with E-state index in [1.165, 1.54) is 16.2 Å². The van der Waals surface area contributed by atoms with Gasteiger partial charge in [-0.3, -0.25) is 4.79 Å². The van der Waals surface area contributed by atoms with E-state index < -0.39 is 5.41 Å². The molecular weight excluding hydrogens is 366 g/mol. The smallest absolute Gasteiger partial charge is 0.244 e. The summed E-state index contributed by atoms with van der Waals surface area (Å²) < 4.78 is 0. The fraction of sp³-hybridized carbons (Fsp3) is 0.0357. The molecule has 0 saturated carbocycles. The van der Waals surface area contributed by atoms with Crippen LogP contribution in [-0.2, 0) is 10.2 Å². The predicted molar refractivity (Wildman–Crippen MR) is 123 cm³/mol. The Bertz CT molecular complexity index is 1440. The summed E-state index contributed by atoms with van der Waals surface area (Å²) in [5.74, 6) is -0.00459. The van der Waals surface area contributed by atoms with Crippen LogP contribution in [0.1, 0.15) is 16.7 Å². The van der Waals surface area contributed by atoms with Crippen LogP contribution in [0.15, 0.2) is 109 Å². The number of amides is 1. The van der Waals surface area contributed by atoms with Crippen molar-refractivity contribution in [3.8, 4) is 0 Å². The van der Waals surface area contributed by atoms with Crippen molar-refractivity contribution in [2.24, 2.45) is 0 Å². The topological polar surface area (TPSA) is 29.1 Å². The molecule has 2 nitrogen and oxygen atoms in total. The Balaban J connectivity index is 1.68. The van der Waals surface area contributed by atoms with Crippen molar-refractivity contribution in [1.82, 2.24) is 0 Å². The number of carbonyl (C=O) groups excluding carboxylic acids is 1. The second-order valence-corrected chi connectivity index (χ2v) is 7.88. The molecule has 0 unspecified atom stereocenters. The zero-order valence-corrected chi connectivity index (χ0v) is 16.3. The van der Waals surface area contributed by atoms with Gasteiger partial charge in [-0.2, -0.15) is 0 Å². The van der Waals surface area contributed by atoms with Gasteiger partial charge in [-0.25, -0.2) is 0 Å². The summed E-state index contributed by atoms with van der Waals surface area (Å²) in [5.41, 5.74) is 2.98. The van der Waals surface area contributed by atoms with Gasteiger partial charge in [0.2, 0.25) is 5.91 Å². The van der Waals surface area contributed by atoms with Gasteiger partial charge < -0.3 is 5.32 Å². The van der Waals surface area contributed by atoms with Crippen LogP contribution in [0.5, 0.6) is 0 Å². The second-order valence-electron chi connectivity index (χ2n) is 7.88. The minimum absolute atomic E-state index is 0.00459. The number of hydrogen-bond donors (Lipinski definition) is 1. The largest absolute Gasteiger partial charge is 0.324 e. The van der Waals surface area contributed by atoms with E-state index in [1.807, 2.05) is 48.5 Å². The average molecular weight is 385 g/mol. The predicted octanol–water partition coefficient (Wildman–Crippen LogP) is 6.28. The summed E-state index contributed by atoms with van der Waals surface area (Å²) in [5, 5.41) is 7.86. The molecule has 5 aromatic rings. The molecule has 6 rings (SSSR count). The van der Waals surface area contributed by atoms with Crippen LogP contribution in [0, 0.1) is 0 Å². The quantitative estimate of drug-likeness (QED) is 0.356. The number of benzene rings is 5. The van der Waals surface area contributed by atoms with Crippen molar-refractivity contribution in [3.05, 3.63) is 126 Å². The Morgan fingerprint density at radius 2 is 1.17 bits per heavy atom. The molecule has 0 bridgehead atoms. The molecule has 1 N–H and O–H groups in total. The number of rotatable bonds is 2. The molecular formula is C28H19NO. The highest BCUT2D eigenvalue weighted by Crippen LogP contribution is 2.48. The SMILES string of the molecule is O=C1Nc2ccccc2[C@]1(c1ccccc1)c1ccc2cc3ccccc3cc2c1. The maximum atomic E-state index is 13.6. The summed E-state index contributed by atoms with van der Waals surface area (Å²) in [4.78, 5) is 13.6. The van der Waals surface area contributed by atoms with E-state index >= 15 is 0 Å². The lowest BCUT2D eigenvalue weighted by molar-refractivity contribution is -0.118. The van der Waals surface area contributed by atoms with E-state index in [0.717, 1.165) is 27.8 Å². The van der Waals surface area contributed by atoms with Gasteiger partial charge in [0.15, 0.2) is 0 Å². The molecule has 0 saturated heterocycles. The first kappa shape index (κ1) is 17.0. The van der Waals surface area contributed by atoms with Crippen molar-refractivity contribution in [2.75, 3.05) is 5.32 Å². The summed E-state index contributed by atoms with van der Waals surface area (Å²) in [6.07, 6.45) is 0. The average Bonchev–Trinajstić information content (AvgIpc) is 3.10. The number of nitrogens with one attached hydrogen (secondary N) is 1. The van der Waals surface area contributed by atoms with Crippen LogP contribution < -0.4 is 5.32 Å². The van der Waals surface area contributed by atoms with E-state index in [4.69, 9.17) is 0 Å². The molecule has 1 heterocycles. The monoisotopic (exact) mass is 385 g/mol. The van der Waals surface area contributed by atoms with E-state index in [2.05, 4.69) is 66.0 Å². The number of carbonyl (C=O) groups is 1. The van der Waals surface area contributed by atoms with Crippen LogP contribution in [0.4, 0.5) is 5.69 Å². The van der Waals surface area contributed by atoms with Crippen LogP contribution in [0.2, 0.25) is 0 Å². The van der Waals surface area contributed by atoms with Crippen molar-refractivity contribution in [2.45, 2.75) is 5.41 Å². The standard InChI is InChI=1S/C28H19NO/c30-27-28(23-10-2-1-3-11-23,25-12-6-7-13-26(25)29-27)24-15-14-21-16-19-8-4-5-9-20(19)17-22(21)18-24/h1-18H,(H,29,30)/t28-/m0/s1. The molecule has 0 aromatic heterocycles. The molecule has 1 aliphatic rings. The van der Waals surface area contributed by atoms with Crippen molar-refractivity contribution >= 4 is 33.1 Å². The zero-order valence-electron chi connectivity index (χ0n) is 16.3. The third-order valence-corrected chi connectivity index (χ3v) is 6.26. The van der Waals surface area contributed by atoms with Crippen LogP contribution in [-0.4, -0.2) is 5.91 Å². The highest BCUT2D eigenvalue weighted by atomic mass is 16.2. The van der Waals surface area contributed by atoms with Gasteiger partial charge in [0.25, 0.3) is 0 Å². The summed E-state index contributed by atoms with van der Waals surface area (Å²) in [6.45, 7) is 0. The van der Waals surface area contributed by atoms with Gasteiger partial charge in [-0.05, 0) is 56.9 Å². The molecule has 0 radical (unpaired) electrons. The molecule has 0 spiro atoms. The Labute approximate surface area is 174 Å². The lowest BCUT2D eigenvalue weighted by atomic mass is 9.70. The molecule has 5 aromatic carbocycles. The van der Waals surface area contributed by atoms with Gasteiger partial charge in [0, 0.05) is 11.3 Å². The molecule has 1 atom stereocenters. The molecule has 1 amide bonds. The number of para-hydroxylation sites is 1. The van der Waals surface area contributed by atoms with Gasteiger partial charge >= 0.3 is 0 Å². The van der Waals surface area contributed by atoms with Crippen molar-refractivity contribution < 1.29 is 4.79 Å². The molecule has 1 aliphatic heterocycles. The minimum atomic E-state index is -0.863. The lowest BCUT2D eigenvalue weighted by Crippen LogP contribution is -2.37. The third-order valence-electron chi connectivity index (χ3n) is 6.26. The molecule has 2 heteroatoms. The maximum Gasteiger partial charge on any atom is 0.244 e. The normalized spacial score (nSPS) is 17.8.